The lowest BCUT2D eigenvalue weighted by Gasteiger charge is -2.07. The second-order valence-corrected chi connectivity index (χ2v) is 7.34. The zero-order valence-electron chi connectivity index (χ0n) is 15.2. The molecule has 1 amide bonds. The molecule has 0 atom stereocenters. The lowest BCUT2D eigenvalue weighted by molar-refractivity contribution is 0.102. The summed E-state index contributed by atoms with van der Waals surface area (Å²) < 4.78 is 8.77. The lowest BCUT2D eigenvalue weighted by Crippen LogP contribution is -2.11. The second-order valence-electron chi connectivity index (χ2n) is 6.43. The number of rotatable bonds is 5. The fourth-order valence-corrected chi connectivity index (χ4v) is 3.13. The number of nitrogens with one attached hydrogen (secondary N) is 1. The number of imidazole rings is 1. The Bertz CT molecular complexity index is 1120. The predicted octanol–water partition coefficient (Wildman–Crippen LogP) is 5.24. The van der Waals surface area contributed by atoms with Crippen molar-refractivity contribution < 1.29 is 9.53 Å². The molecule has 5 nitrogen and oxygen atoms in total. The minimum atomic E-state index is -0.162. The van der Waals surface area contributed by atoms with Crippen LogP contribution in [0.1, 0.15) is 21.6 Å². The Morgan fingerprint density at radius 2 is 1.86 bits per heavy atom. The number of hydrogen-bond donors (Lipinski definition) is 1. The van der Waals surface area contributed by atoms with Gasteiger partial charge in [-0.1, -0.05) is 22.0 Å². The third-order valence-electron chi connectivity index (χ3n) is 4.33. The minimum absolute atomic E-state index is 0.162. The van der Waals surface area contributed by atoms with Gasteiger partial charge in [0.05, 0.1) is 5.69 Å². The van der Waals surface area contributed by atoms with Crippen molar-refractivity contribution in [2.45, 2.75) is 13.5 Å². The van der Waals surface area contributed by atoms with Gasteiger partial charge in [-0.25, -0.2) is 4.98 Å². The summed E-state index contributed by atoms with van der Waals surface area (Å²) in [4.78, 5) is 16.9. The molecule has 0 fully saturated rings. The molecule has 0 unspecified atom stereocenters. The van der Waals surface area contributed by atoms with E-state index in [0.29, 0.717) is 17.9 Å². The van der Waals surface area contributed by atoms with E-state index in [0.717, 1.165) is 27.1 Å². The number of carbonyl (C=O) groups excluding carboxylic acids is 1. The van der Waals surface area contributed by atoms with E-state index < -0.39 is 0 Å². The molecule has 2 aromatic carbocycles. The Kier molecular flexibility index (Phi) is 5.12. The van der Waals surface area contributed by atoms with E-state index in [9.17, 15) is 4.79 Å². The van der Waals surface area contributed by atoms with Crippen LogP contribution in [-0.2, 0) is 6.61 Å². The van der Waals surface area contributed by atoms with Crippen molar-refractivity contribution in [2.24, 2.45) is 0 Å². The molecule has 4 aromatic rings. The summed E-state index contributed by atoms with van der Waals surface area (Å²) in [5.41, 5.74) is 4.22. The molecular formula is C22H18BrN3O2. The summed E-state index contributed by atoms with van der Waals surface area (Å²) >= 11 is 3.38. The highest BCUT2D eigenvalue weighted by Crippen LogP contribution is 2.18. The van der Waals surface area contributed by atoms with Gasteiger partial charge in [0.1, 0.15) is 18.0 Å². The molecule has 2 heterocycles. The summed E-state index contributed by atoms with van der Waals surface area (Å²) in [7, 11) is 0. The quantitative estimate of drug-likeness (QED) is 0.466. The molecule has 0 bridgehead atoms. The van der Waals surface area contributed by atoms with Gasteiger partial charge in [-0.3, -0.25) is 4.79 Å². The van der Waals surface area contributed by atoms with Gasteiger partial charge in [-0.15, -0.1) is 0 Å². The number of benzene rings is 2. The molecule has 0 radical (unpaired) electrons. The molecule has 28 heavy (non-hydrogen) atoms. The van der Waals surface area contributed by atoms with Crippen molar-refractivity contribution in [1.29, 1.82) is 0 Å². The van der Waals surface area contributed by atoms with Crippen molar-refractivity contribution in [1.82, 2.24) is 9.38 Å². The number of nitrogens with zero attached hydrogens (tertiary/aromatic N) is 2. The van der Waals surface area contributed by atoms with Gasteiger partial charge in [0.2, 0.25) is 0 Å². The van der Waals surface area contributed by atoms with Crippen molar-refractivity contribution in [3.8, 4) is 5.75 Å². The first kappa shape index (κ1) is 18.3. The van der Waals surface area contributed by atoms with Crippen LogP contribution in [0, 0.1) is 6.92 Å². The number of halogens is 1. The maximum Gasteiger partial charge on any atom is 0.255 e. The van der Waals surface area contributed by atoms with Crippen LogP contribution in [0.25, 0.3) is 5.65 Å². The highest BCUT2D eigenvalue weighted by Gasteiger charge is 2.08. The van der Waals surface area contributed by atoms with Crippen LogP contribution in [0.3, 0.4) is 0 Å². The fraction of sp³-hybridized carbons (Fsp3) is 0.0909. The van der Waals surface area contributed by atoms with Crippen LogP contribution >= 0.6 is 15.9 Å². The van der Waals surface area contributed by atoms with Gasteiger partial charge in [-0.2, -0.15) is 0 Å². The molecule has 4 rings (SSSR count). The molecule has 0 aliphatic carbocycles. The molecule has 0 saturated heterocycles. The molecule has 1 N–H and O–H groups in total. The van der Waals surface area contributed by atoms with Crippen molar-refractivity contribution in [3.05, 3.63) is 94.4 Å². The molecular weight excluding hydrogens is 418 g/mol. The zero-order chi connectivity index (χ0) is 19.5. The van der Waals surface area contributed by atoms with Gasteiger partial charge in [-0.05, 0) is 67.1 Å². The van der Waals surface area contributed by atoms with Gasteiger partial charge >= 0.3 is 0 Å². The van der Waals surface area contributed by atoms with Crippen LogP contribution < -0.4 is 10.1 Å². The summed E-state index contributed by atoms with van der Waals surface area (Å²) in [5, 5.41) is 2.87. The first-order valence-corrected chi connectivity index (χ1v) is 9.61. The molecule has 0 spiro atoms. The number of ether oxygens (including phenoxy) is 1. The Balaban J connectivity index is 1.39. The standard InChI is InChI=1S/C22H18BrN3O2/c1-15-3-2-12-26-13-19(24-21(15)26)14-28-20-10-4-16(5-11-20)22(27)25-18-8-6-17(23)7-9-18/h2-13H,14H2,1H3,(H,25,27). The first-order chi connectivity index (χ1) is 13.6. The number of carbonyl (C=O) groups is 1. The maximum atomic E-state index is 12.3. The number of amides is 1. The average molecular weight is 436 g/mol. The highest BCUT2D eigenvalue weighted by molar-refractivity contribution is 9.10. The Morgan fingerprint density at radius 1 is 1.11 bits per heavy atom. The normalized spacial score (nSPS) is 10.8. The van der Waals surface area contributed by atoms with Gasteiger partial charge in [0.25, 0.3) is 5.91 Å². The SMILES string of the molecule is Cc1cccn2cc(COc3ccc(C(=O)Nc4ccc(Br)cc4)cc3)nc12. The molecule has 140 valence electrons. The lowest BCUT2D eigenvalue weighted by atomic mass is 10.2. The van der Waals surface area contributed by atoms with Crippen LogP contribution in [0.5, 0.6) is 5.75 Å². The van der Waals surface area contributed by atoms with Crippen LogP contribution in [0.2, 0.25) is 0 Å². The smallest absolute Gasteiger partial charge is 0.255 e. The Morgan fingerprint density at radius 3 is 2.57 bits per heavy atom. The number of aryl methyl sites for hydroxylation is 1. The topological polar surface area (TPSA) is 55.6 Å². The molecule has 2 aromatic heterocycles. The van der Waals surface area contributed by atoms with E-state index in [2.05, 4.69) is 26.2 Å². The van der Waals surface area contributed by atoms with E-state index in [1.807, 2.05) is 60.1 Å². The summed E-state index contributed by atoms with van der Waals surface area (Å²) in [5.74, 6) is 0.527. The summed E-state index contributed by atoms with van der Waals surface area (Å²) in [6, 6.07) is 18.5. The van der Waals surface area contributed by atoms with Crippen molar-refractivity contribution >= 4 is 33.2 Å². The number of anilines is 1. The zero-order valence-corrected chi connectivity index (χ0v) is 16.8. The van der Waals surface area contributed by atoms with Crippen LogP contribution in [0.15, 0.2) is 77.5 Å². The number of hydrogen-bond acceptors (Lipinski definition) is 3. The fourth-order valence-electron chi connectivity index (χ4n) is 2.87. The Labute approximate surface area is 171 Å². The third kappa shape index (κ3) is 4.07. The van der Waals surface area contributed by atoms with Gasteiger partial charge in [0, 0.05) is 28.1 Å². The van der Waals surface area contributed by atoms with E-state index in [-0.39, 0.29) is 5.91 Å². The second kappa shape index (κ2) is 7.86. The minimum Gasteiger partial charge on any atom is -0.487 e. The van der Waals surface area contributed by atoms with Gasteiger partial charge in [0.15, 0.2) is 0 Å². The number of pyridine rings is 1. The molecule has 0 aliphatic rings. The highest BCUT2D eigenvalue weighted by atomic mass is 79.9. The van der Waals surface area contributed by atoms with Gasteiger partial charge < -0.3 is 14.5 Å². The first-order valence-electron chi connectivity index (χ1n) is 8.81. The van der Waals surface area contributed by atoms with E-state index in [1.165, 1.54) is 0 Å². The number of fused-ring (bicyclic) bond motifs is 1. The summed E-state index contributed by atoms with van der Waals surface area (Å²) in [6.07, 6.45) is 3.93. The average Bonchev–Trinajstić information content (AvgIpc) is 3.13. The molecule has 0 aliphatic heterocycles. The predicted molar refractivity (Wildman–Crippen MR) is 113 cm³/mol. The van der Waals surface area contributed by atoms with E-state index in [4.69, 9.17) is 4.74 Å². The number of aromatic nitrogens is 2. The van der Waals surface area contributed by atoms with E-state index in [1.54, 1.807) is 24.3 Å². The Hall–Kier alpha value is -3.12. The van der Waals surface area contributed by atoms with Crippen LogP contribution in [0.4, 0.5) is 5.69 Å². The molecule has 0 saturated carbocycles. The maximum absolute atomic E-state index is 12.3. The van der Waals surface area contributed by atoms with E-state index >= 15 is 0 Å². The van der Waals surface area contributed by atoms with Crippen LogP contribution in [-0.4, -0.2) is 15.3 Å². The monoisotopic (exact) mass is 435 g/mol. The molecule has 6 heteroatoms. The van der Waals surface area contributed by atoms with Crippen molar-refractivity contribution in [3.63, 3.8) is 0 Å². The van der Waals surface area contributed by atoms with Crippen molar-refractivity contribution in [2.75, 3.05) is 5.32 Å². The third-order valence-corrected chi connectivity index (χ3v) is 4.86. The summed E-state index contributed by atoms with van der Waals surface area (Å²) in [6.45, 7) is 2.40. The largest absolute Gasteiger partial charge is 0.487 e.